The second-order valence-electron chi connectivity index (χ2n) is 6.22. The summed E-state index contributed by atoms with van der Waals surface area (Å²) >= 11 is 3.36. The van der Waals surface area contributed by atoms with Gasteiger partial charge in [0.15, 0.2) is 12.2 Å². The Kier molecular flexibility index (Phi) is 5.48. The Balaban J connectivity index is 1.45. The zero-order chi connectivity index (χ0) is 20.2. The number of hydrogen-bond donors (Lipinski definition) is 1. The van der Waals surface area contributed by atoms with Gasteiger partial charge < -0.3 is 19.2 Å². The predicted octanol–water partition coefficient (Wildman–Crippen LogP) is 5.28. The predicted molar refractivity (Wildman–Crippen MR) is 114 cm³/mol. The number of aromatic nitrogens is 1. The van der Waals surface area contributed by atoms with Crippen LogP contribution in [0.15, 0.2) is 75.6 Å². The molecule has 1 amide bonds. The van der Waals surface area contributed by atoms with Crippen LogP contribution in [0, 0.1) is 0 Å². The average Bonchev–Trinajstić information content (AvgIpc) is 3.17. The molecule has 3 aromatic carbocycles. The molecule has 0 saturated heterocycles. The van der Waals surface area contributed by atoms with Crippen LogP contribution in [-0.2, 0) is 4.79 Å². The first-order valence-electron chi connectivity index (χ1n) is 8.84. The van der Waals surface area contributed by atoms with Crippen molar-refractivity contribution in [3.05, 3.63) is 71.2 Å². The van der Waals surface area contributed by atoms with Gasteiger partial charge in [0.1, 0.15) is 17.0 Å². The van der Waals surface area contributed by atoms with Crippen LogP contribution in [0.2, 0.25) is 0 Å². The molecular weight excluding hydrogens is 436 g/mol. The molecule has 0 saturated carbocycles. The number of halogens is 1. The van der Waals surface area contributed by atoms with Gasteiger partial charge in [-0.1, -0.05) is 22.0 Å². The van der Waals surface area contributed by atoms with E-state index in [1.165, 1.54) is 0 Å². The Labute approximate surface area is 175 Å². The van der Waals surface area contributed by atoms with Gasteiger partial charge >= 0.3 is 0 Å². The van der Waals surface area contributed by atoms with Gasteiger partial charge in [0.25, 0.3) is 5.91 Å². The number of methoxy groups -OCH3 is 1. The number of nitrogens with one attached hydrogen (secondary N) is 1. The van der Waals surface area contributed by atoms with Gasteiger partial charge in [-0.25, -0.2) is 4.98 Å². The van der Waals surface area contributed by atoms with E-state index in [1.807, 2.05) is 42.5 Å². The molecule has 6 nitrogen and oxygen atoms in total. The van der Waals surface area contributed by atoms with E-state index < -0.39 is 0 Å². The summed E-state index contributed by atoms with van der Waals surface area (Å²) in [4.78, 5) is 16.7. The lowest BCUT2D eigenvalue weighted by molar-refractivity contribution is -0.118. The second kappa shape index (κ2) is 8.36. The standard InChI is InChI=1S/C22H17BrN2O4/c1-27-18-9-10-20-19(12-18)25-22(29-20)14-3-2-4-16(11-14)24-21(26)13-28-17-7-5-15(23)6-8-17/h2-12H,13H2,1H3,(H,24,26). The van der Waals surface area contributed by atoms with Crippen LogP contribution in [0.4, 0.5) is 5.69 Å². The van der Waals surface area contributed by atoms with E-state index in [0.29, 0.717) is 34.2 Å². The van der Waals surface area contributed by atoms with Gasteiger partial charge in [-0.15, -0.1) is 0 Å². The lowest BCUT2D eigenvalue weighted by Gasteiger charge is -2.08. The first-order chi connectivity index (χ1) is 14.1. The van der Waals surface area contributed by atoms with Crippen molar-refractivity contribution in [3.8, 4) is 23.0 Å². The zero-order valence-electron chi connectivity index (χ0n) is 15.5. The van der Waals surface area contributed by atoms with Crippen molar-refractivity contribution in [2.45, 2.75) is 0 Å². The summed E-state index contributed by atoms with van der Waals surface area (Å²) in [5, 5.41) is 2.82. The SMILES string of the molecule is COc1ccc2oc(-c3cccc(NC(=O)COc4ccc(Br)cc4)c3)nc2c1. The zero-order valence-corrected chi connectivity index (χ0v) is 17.1. The van der Waals surface area contributed by atoms with E-state index in [9.17, 15) is 4.79 Å². The number of ether oxygens (including phenoxy) is 2. The fraction of sp³-hybridized carbons (Fsp3) is 0.0909. The van der Waals surface area contributed by atoms with Crippen molar-refractivity contribution in [1.29, 1.82) is 0 Å². The Hall–Kier alpha value is -3.32. The molecule has 0 radical (unpaired) electrons. The molecule has 0 aliphatic carbocycles. The second-order valence-corrected chi connectivity index (χ2v) is 7.14. The molecule has 0 fully saturated rings. The molecule has 7 heteroatoms. The van der Waals surface area contributed by atoms with Crippen LogP contribution in [0.5, 0.6) is 11.5 Å². The fourth-order valence-corrected chi connectivity index (χ4v) is 3.03. The van der Waals surface area contributed by atoms with Crippen molar-refractivity contribution in [2.75, 3.05) is 19.0 Å². The smallest absolute Gasteiger partial charge is 0.262 e. The molecule has 1 aromatic heterocycles. The van der Waals surface area contributed by atoms with Crippen molar-refractivity contribution >= 4 is 38.6 Å². The summed E-state index contributed by atoms with van der Waals surface area (Å²) in [7, 11) is 1.61. The summed E-state index contributed by atoms with van der Waals surface area (Å²) in [5.74, 6) is 1.55. The van der Waals surface area contributed by atoms with E-state index in [2.05, 4.69) is 26.2 Å². The number of fused-ring (bicyclic) bond motifs is 1. The number of amides is 1. The summed E-state index contributed by atoms with van der Waals surface area (Å²) in [5.41, 5.74) is 2.76. The highest BCUT2D eigenvalue weighted by Gasteiger charge is 2.11. The number of benzene rings is 3. The highest BCUT2D eigenvalue weighted by Crippen LogP contribution is 2.28. The number of nitrogens with zero attached hydrogens (tertiary/aromatic N) is 1. The van der Waals surface area contributed by atoms with Crippen LogP contribution < -0.4 is 14.8 Å². The molecular formula is C22H17BrN2O4. The molecule has 4 rings (SSSR count). The van der Waals surface area contributed by atoms with Gasteiger partial charge in [-0.05, 0) is 54.6 Å². The first-order valence-corrected chi connectivity index (χ1v) is 9.63. The van der Waals surface area contributed by atoms with E-state index in [0.717, 1.165) is 10.0 Å². The number of oxazole rings is 1. The maximum absolute atomic E-state index is 12.2. The molecule has 1 heterocycles. The Morgan fingerprint density at radius 3 is 2.66 bits per heavy atom. The Morgan fingerprint density at radius 2 is 1.86 bits per heavy atom. The molecule has 146 valence electrons. The van der Waals surface area contributed by atoms with Crippen LogP contribution in [-0.4, -0.2) is 24.6 Å². The summed E-state index contributed by atoms with van der Waals surface area (Å²) in [6.07, 6.45) is 0. The number of carbonyl (C=O) groups excluding carboxylic acids is 1. The quantitative estimate of drug-likeness (QED) is 0.430. The van der Waals surface area contributed by atoms with Gasteiger partial charge in [-0.3, -0.25) is 4.79 Å². The number of hydrogen-bond acceptors (Lipinski definition) is 5. The van der Waals surface area contributed by atoms with E-state index in [-0.39, 0.29) is 12.5 Å². The topological polar surface area (TPSA) is 73.6 Å². The Bertz CT molecular complexity index is 1160. The summed E-state index contributed by atoms with van der Waals surface area (Å²) < 4.78 is 17.5. The summed E-state index contributed by atoms with van der Waals surface area (Å²) in [6, 6.07) is 20.0. The molecule has 29 heavy (non-hydrogen) atoms. The lowest BCUT2D eigenvalue weighted by Crippen LogP contribution is -2.20. The monoisotopic (exact) mass is 452 g/mol. The van der Waals surface area contributed by atoms with Crippen molar-refractivity contribution in [1.82, 2.24) is 4.98 Å². The van der Waals surface area contributed by atoms with Crippen LogP contribution in [0.3, 0.4) is 0 Å². The highest BCUT2D eigenvalue weighted by molar-refractivity contribution is 9.10. The minimum absolute atomic E-state index is 0.0887. The molecule has 0 atom stereocenters. The third kappa shape index (κ3) is 4.57. The highest BCUT2D eigenvalue weighted by atomic mass is 79.9. The third-order valence-corrected chi connectivity index (χ3v) is 4.70. The number of rotatable bonds is 6. The molecule has 0 aliphatic rings. The molecule has 0 bridgehead atoms. The van der Waals surface area contributed by atoms with Crippen LogP contribution >= 0.6 is 15.9 Å². The molecule has 1 N–H and O–H groups in total. The minimum atomic E-state index is -0.257. The minimum Gasteiger partial charge on any atom is -0.497 e. The van der Waals surface area contributed by atoms with Crippen LogP contribution in [0.25, 0.3) is 22.6 Å². The third-order valence-electron chi connectivity index (χ3n) is 4.17. The van der Waals surface area contributed by atoms with Gasteiger partial charge in [0.2, 0.25) is 5.89 Å². The maximum atomic E-state index is 12.2. The lowest BCUT2D eigenvalue weighted by atomic mass is 10.2. The van der Waals surface area contributed by atoms with Crippen molar-refractivity contribution < 1.29 is 18.7 Å². The molecule has 0 aliphatic heterocycles. The first kappa shape index (κ1) is 19.0. The maximum Gasteiger partial charge on any atom is 0.262 e. The van der Waals surface area contributed by atoms with Crippen LogP contribution in [0.1, 0.15) is 0 Å². The molecule has 4 aromatic rings. The van der Waals surface area contributed by atoms with Crippen molar-refractivity contribution in [2.24, 2.45) is 0 Å². The fourth-order valence-electron chi connectivity index (χ4n) is 2.76. The normalized spacial score (nSPS) is 10.7. The van der Waals surface area contributed by atoms with E-state index in [4.69, 9.17) is 13.9 Å². The van der Waals surface area contributed by atoms with Crippen molar-refractivity contribution in [3.63, 3.8) is 0 Å². The molecule has 0 unspecified atom stereocenters. The van der Waals surface area contributed by atoms with Gasteiger partial charge in [0.05, 0.1) is 7.11 Å². The van der Waals surface area contributed by atoms with E-state index in [1.54, 1.807) is 31.4 Å². The largest absolute Gasteiger partial charge is 0.497 e. The van der Waals surface area contributed by atoms with Gasteiger partial charge in [0, 0.05) is 21.8 Å². The molecule has 0 spiro atoms. The summed E-state index contributed by atoms with van der Waals surface area (Å²) in [6.45, 7) is -0.0887. The van der Waals surface area contributed by atoms with E-state index >= 15 is 0 Å². The number of anilines is 1. The van der Waals surface area contributed by atoms with Gasteiger partial charge in [-0.2, -0.15) is 0 Å². The number of carbonyl (C=O) groups is 1. The average molecular weight is 453 g/mol. The Morgan fingerprint density at radius 1 is 1.07 bits per heavy atom.